The number of aromatic nitrogens is 3. The normalized spacial score (nSPS) is 11.6. The van der Waals surface area contributed by atoms with E-state index in [0.29, 0.717) is 12.5 Å². The van der Waals surface area contributed by atoms with Crippen LogP contribution in [-0.2, 0) is 6.54 Å². The monoisotopic (exact) mass is 327 g/mol. The van der Waals surface area contributed by atoms with Gasteiger partial charge >= 0.3 is 0 Å². The summed E-state index contributed by atoms with van der Waals surface area (Å²) in [6.07, 6.45) is 0. The number of nitrogens with zero attached hydrogens (tertiary/aromatic N) is 4. The lowest BCUT2D eigenvalue weighted by molar-refractivity contribution is 0.848. The first-order chi connectivity index (χ1) is 12.4. The molecule has 0 radical (unpaired) electrons. The zero-order chi connectivity index (χ0) is 16.9. The molecule has 0 aliphatic carbocycles. The molecule has 5 heteroatoms. The van der Waals surface area contributed by atoms with Gasteiger partial charge in [0.2, 0.25) is 5.96 Å². The summed E-state index contributed by atoms with van der Waals surface area (Å²) in [6, 6.07) is 27.9. The zero-order valence-corrected chi connectivity index (χ0v) is 13.6. The molecule has 1 N–H and O–H groups in total. The van der Waals surface area contributed by atoms with E-state index in [1.54, 1.807) is 4.68 Å². The average molecular weight is 327 g/mol. The van der Waals surface area contributed by atoms with Gasteiger partial charge in [-0.2, -0.15) is 4.68 Å². The first kappa shape index (κ1) is 15.1. The van der Waals surface area contributed by atoms with Gasteiger partial charge < -0.3 is 5.32 Å². The van der Waals surface area contributed by atoms with Gasteiger partial charge in [-0.15, -0.1) is 5.10 Å². The standard InChI is InChI=1S/C20H17N5/c1-3-9-16(10-4-1)15-21-20(22-17-11-5-2-6-12-17)25-19-14-8-7-13-18(19)23-24-25/h1-14H,15H2,(H,21,22). The number of para-hydroxylation sites is 2. The minimum absolute atomic E-state index is 0.560. The van der Waals surface area contributed by atoms with Crippen molar-refractivity contribution in [1.29, 1.82) is 0 Å². The van der Waals surface area contributed by atoms with Crippen molar-refractivity contribution in [3.8, 4) is 0 Å². The van der Waals surface area contributed by atoms with E-state index in [1.807, 2.05) is 72.8 Å². The van der Waals surface area contributed by atoms with Gasteiger partial charge in [0.25, 0.3) is 0 Å². The third-order valence-corrected chi connectivity index (χ3v) is 3.84. The summed E-state index contributed by atoms with van der Waals surface area (Å²) >= 11 is 0. The molecule has 4 rings (SSSR count). The molecule has 0 saturated carbocycles. The van der Waals surface area contributed by atoms with E-state index in [1.165, 1.54) is 0 Å². The number of anilines is 1. The number of aliphatic imine (C=N–C) groups is 1. The molecule has 0 aliphatic rings. The van der Waals surface area contributed by atoms with E-state index in [4.69, 9.17) is 4.99 Å². The highest BCUT2D eigenvalue weighted by atomic mass is 15.5. The summed E-state index contributed by atoms with van der Waals surface area (Å²) in [7, 11) is 0. The maximum atomic E-state index is 4.75. The van der Waals surface area contributed by atoms with Crippen LogP contribution < -0.4 is 5.32 Å². The predicted octanol–water partition coefficient (Wildman–Crippen LogP) is 3.95. The molecule has 1 heterocycles. The SMILES string of the molecule is c1ccc(CN=C(Nc2ccccc2)n2nnc3ccccc32)cc1. The van der Waals surface area contributed by atoms with Crippen molar-refractivity contribution in [2.45, 2.75) is 6.54 Å². The molecule has 0 atom stereocenters. The minimum Gasteiger partial charge on any atom is -0.324 e. The average Bonchev–Trinajstić information content (AvgIpc) is 3.11. The van der Waals surface area contributed by atoms with Crippen molar-refractivity contribution in [1.82, 2.24) is 15.0 Å². The molecular formula is C20H17N5. The van der Waals surface area contributed by atoms with Crippen LogP contribution in [0, 0.1) is 0 Å². The Labute approximate surface area is 145 Å². The molecule has 0 amide bonds. The summed E-state index contributed by atoms with van der Waals surface area (Å²) in [5.74, 6) is 0.642. The Balaban J connectivity index is 1.72. The first-order valence-electron chi connectivity index (χ1n) is 8.11. The lowest BCUT2D eigenvalue weighted by Gasteiger charge is -2.10. The molecule has 0 aliphatic heterocycles. The molecule has 5 nitrogen and oxygen atoms in total. The molecule has 0 saturated heterocycles. The van der Waals surface area contributed by atoms with Gasteiger partial charge in [0.1, 0.15) is 5.52 Å². The molecule has 122 valence electrons. The van der Waals surface area contributed by atoms with E-state index in [-0.39, 0.29) is 0 Å². The van der Waals surface area contributed by atoms with E-state index < -0.39 is 0 Å². The lowest BCUT2D eigenvalue weighted by Crippen LogP contribution is -2.23. The molecule has 4 aromatic rings. The largest absolute Gasteiger partial charge is 0.324 e. The number of rotatable bonds is 3. The number of hydrogen-bond acceptors (Lipinski definition) is 3. The molecule has 25 heavy (non-hydrogen) atoms. The molecule has 0 unspecified atom stereocenters. The summed E-state index contributed by atoms with van der Waals surface area (Å²) in [5.41, 5.74) is 3.84. The predicted molar refractivity (Wildman–Crippen MR) is 101 cm³/mol. The van der Waals surface area contributed by atoms with Crippen molar-refractivity contribution in [3.63, 3.8) is 0 Å². The van der Waals surface area contributed by atoms with Gasteiger partial charge in [-0.1, -0.05) is 65.9 Å². The Morgan fingerprint density at radius 1 is 0.840 bits per heavy atom. The van der Waals surface area contributed by atoms with Crippen LogP contribution in [0.4, 0.5) is 5.69 Å². The van der Waals surface area contributed by atoms with E-state index in [9.17, 15) is 0 Å². The fourth-order valence-electron chi connectivity index (χ4n) is 2.58. The molecule has 0 spiro atoms. The highest BCUT2D eigenvalue weighted by Gasteiger charge is 2.10. The van der Waals surface area contributed by atoms with Gasteiger partial charge in [0.15, 0.2) is 0 Å². The van der Waals surface area contributed by atoms with E-state index >= 15 is 0 Å². The van der Waals surface area contributed by atoms with Crippen LogP contribution >= 0.6 is 0 Å². The Hall–Kier alpha value is -3.47. The fourth-order valence-corrected chi connectivity index (χ4v) is 2.58. The second-order valence-electron chi connectivity index (χ2n) is 5.61. The Morgan fingerprint density at radius 3 is 2.32 bits per heavy atom. The van der Waals surface area contributed by atoms with Crippen LogP contribution in [0.15, 0.2) is 89.9 Å². The van der Waals surface area contributed by atoms with Gasteiger partial charge in [-0.25, -0.2) is 4.99 Å². The van der Waals surface area contributed by atoms with Crippen molar-refractivity contribution >= 4 is 22.7 Å². The topological polar surface area (TPSA) is 55.1 Å². The van der Waals surface area contributed by atoms with Gasteiger partial charge in [-0.3, -0.25) is 0 Å². The Morgan fingerprint density at radius 2 is 1.52 bits per heavy atom. The third-order valence-electron chi connectivity index (χ3n) is 3.84. The highest BCUT2D eigenvalue weighted by molar-refractivity contribution is 5.99. The van der Waals surface area contributed by atoms with Crippen molar-refractivity contribution < 1.29 is 0 Å². The maximum absolute atomic E-state index is 4.75. The molecule has 0 bridgehead atoms. The van der Waals surface area contributed by atoms with Crippen molar-refractivity contribution in [3.05, 3.63) is 90.5 Å². The van der Waals surface area contributed by atoms with Crippen LogP contribution in [0.25, 0.3) is 11.0 Å². The second kappa shape index (κ2) is 6.97. The second-order valence-corrected chi connectivity index (χ2v) is 5.61. The van der Waals surface area contributed by atoms with Crippen LogP contribution in [0.1, 0.15) is 5.56 Å². The van der Waals surface area contributed by atoms with E-state index in [2.05, 4.69) is 27.8 Å². The molecule has 3 aromatic carbocycles. The van der Waals surface area contributed by atoms with E-state index in [0.717, 1.165) is 22.3 Å². The van der Waals surface area contributed by atoms with Crippen LogP contribution in [0.2, 0.25) is 0 Å². The minimum atomic E-state index is 0.560. The first-order valence-corrected chi connectivity index (χ1v) is 8.11. The summed E-state index contributed by atoms with van der Waals surface area (Å²) in [5, 5.41) is 11.9. The number of fused-ring (bicyclic) bond motifs is 1. The molecule has 1 aromatic heterocycles. The molecule has 0 fully saturated rings. The smallest absolute Gasteiger partial charge is 0.226 e. The Kier molecular flexibility index (Phi) is 4.20. The van der Waals surface area contributed by atoms with Crippen molar-refractivity contribution in [2.75, 3.05) is 5.32 Å². The summed E-state index contributed by atoms with van der Waals surface area (Å²) < 4.78 is 1.74. The number of nitrogens with one attached hydrogen (secondary N) is 1. The zero-order valence-electron chi connectivity index (χ0n) is 13.6. The molecular weight excluding hydrogens is 310 g/mol. The summed E-state index contributed by atoms with van der Waals surface area (Å²) in [6.45, 7) is 0.560. The quantitative estimate of drug-likeness (QED) is 0.458. The summed E-state index contributed by atoms with van der Waals surface area (Å²) in [4.78, 5) is 4.75. The number of benzene rings is 3. The lowest BCUT2D eigenvalue weighted by atomic mass is 10.2. The maximum Gasteiger partial charge on any atom is 0.226 e. The highest BCUT2D eigenvalue weighted by Crippen LogP contribution is 2.13. The fraction of sp³-hybridized carbons (Fsp3) is 0.0500. The Bertz CT molecular complexity index is 990. The number of hydrogen-bond donors (Lipinski definition) is 1. The van der Waals surface area contributed by atoms with Crippen molar-refractivity contribution in [2.24, 2.45) is 4.99 Å². The van der Waals surface area contributed by atoms with Gasteiger partial charge in [0, 0.05) is 5.69 Å². The van der Waals surface area contributed by atoms with Gasteiger partial charge in [-0.05, 0) is 29.8 Å². The van der Waals surface area contributed by atoms with Crippen LogP contribution in [0.3, 0.4) is 0 Å². The third kappa shape index (κ3) is 3.40. The van der Waals surface area contributed by atoms with Crippen LogP contribution in [0.5, 0.6) is 0 Å². The van der Waals surface area contributed by atoms with Gasteiger partial charge in [0.05, 0.1) is 12.1 Å². The van der Waals surface area contributed by atoms with Crippen LogP contribution in [-0.4, -0.2) is 21.0 Å².